The van der Waals surface area contributed by atoms with Gasteiger partial charge in [-0.15, -0.1) is 0 Å². The molecule has 0 unspecified atom stereocenters. The van der Waals surface area contributed by atoms with E-state index < -0.39 is 31.1 Å². The fourth-order valence-corrected chi connectivity index (χ4v) is 1.83. The van der Waals surface area contributed by atoms with Crippen LogP contribution in [-0.4, -0.2) is 52.7 Å². The quantitative estimate of drug-likeness (QED) is 0.687. The Morgan fingerprint density at radius 3 is 2.19 bits per heavy atom. The highest BCUT2D eigenvalue weighted by molar-refractivity contribution is 5.84. The zero-order chi connectivity index (χ0) is 15.8. The van der Waals surface area contributed by atoms with Gasteiger partial charge in [0.05, 0.1) is 0 Å². The van der Waals surface area contributed by atoms with Crippen molar-refractivity contribution in [2.45, 2.75) is 13.3 Å². The number of aliphatic carboxylic acids is 2. The number of amides is 2. The molecular weight excluding hydrogens is 276 g/mol. The Balaban J connectivity index is 2.51. The van der Waals surface area contributed by atoms with Crippen LogP contribution in [0.1, 0.15) is 11.1 Å². The van der Waals surface area contributed by atoms with Crippen LogP contribution >= 0.6 is 0 Å². The molecule has 0 aromatic heterocycles. The summed E-state index contributed by atoms with van der Waals surface area (Å²) in [6.45, 7) is 0.961. The standard InChI is InChI=1S/C14H18N2O5/c1-10-4-2-3-5-11(10)6-7-15-14(21)16(8-12(17)18)9-13(19)20/h2-5H,6-9H2,1H3,(H,15,21)(H,17,18)(H,19,20). The summed E-state index contributed by atoms with van der Waals surface area (Å²) in [5.41, 5.74) is 2.17. The minimum atomic E-state index is -1.26. The first-order valence-corrected chi connectivity index (χ1v) is 6.41. The summed E-state index contributed by atoms with van der Waals surface area (Å²) in [7, 11) is 0. The molecular formula is C14H18N2O5. The van der Waals surface area contributed by atoms with E-state index in [4.69, 9.17) is 10.2 Å². The van der Waals surface area contributed by atoms with Crippen molar-refractivity contribution in [3.05, 3.63) is 35.4 Å². The second-order valence-corrected chi connectivity index (χ2v) is 4.55. The van der Waals surface area contributed by atoms with Gasteiger partial charge in [0.1, 0.15) is 13.1 Å². The summed E-state index contributed by atoms with van der Waals surface area (Å²) >= 11 is 0. The van der Waals surface area contributed by atoms with Gasteiger partial charge in [-0.25, -0.2) is 4.79 Å². The number of benzene rings is 1. The third-order valence-corrected chi connectivity index (χ3v) is 2.87. The summed E-state index contributed by atoms with van der Waals surface area (Å²) < 4.78 is 0. The van der Waals surface area contributed by atoms with Gasteiger partial charge in [-0.1, -0.05) is 24.3 Å². The number of carboxylic acid groups (broad SMARTS) is 2. The van der Waals surface area contributed by atoms with E-state index in [1.54, 1.807) is 0 Å². The van der Waals surface area contributed by atoms with E-state index in [1.165, 1.54) is 0 Å². The molecule has 0 heterocycles. The lowest BCUT2D eigenvalue weighted by Gasteiger charge is -2.19. The number of carbonyl (C=O) groups excluding carboxylic acids is 1. The van der Waals surface area contributed by atoms with Crippen molar-refractivity contribution in [2.75, 3.05) is 19.6 Å². The van der Waals surface area contributed by atoms with Crippen LogP contribution < -0.4 is 5.32 Å². The fourth-order valence-electron chi connectivity index (χ4n) is 1.83. The minimum absolute atomic E-state index is 0.305. The summed E-state index contributed by atoms with van der Waals surface area (Å²) in [4.78, 5) is 33.8. The average molecular weight is 294 g/mol. The molecule has 7 heteroatoms. The number of carboxylic acids is 2. The van der Waals surface area contributed by atoms with E-state index in [0.29, 0.717) is 13.0 Å². The Morgan fingerprint density at radius 1 is 1.10 bits per heavy atom. The zero-order valence-electron chi connectivity index (χ0n) is 11.7. The van der Waals surface area contributed by atoms with Crippen LogP contribution in [0.15, 0.2) is 24.3 Å². The zero-order valence-corrected chi connectivity index (χ0v) is 11.7. The van der Waals surface area contributed by atoms with Gasteiger partial charge in [-0.3, -0.25) is 9.59 Å². The summed E-state index contributed by atoms with van der Waals surface area (Å²) in [5, 5.41) is 19.9. The van der Waals surface area contributed by atoms with Crippen LogP contribution in [-0.2, 0) is 16.0 Å². The van der Waals surface area contributed by atoms with Crippen LogP contribution in [0, 0.1) is 6.92 Å². The predicted molar refractivity (Wildman–Crippen MR) is 75.1 cm³/mol. The molecule has 114 valence electrons. The summed E-state index contributed by atoms with van der Waals surface area (Å²) in [6, 6.07) is 7.00. The first-order chi connectivity index (χ1) is 9.90. The first-order valence-electron chi connectivity index (χ1n) is 6.41. The van der Waals surface area contributed by atoms with Crippen molar-refractivity contribution in [2.24, 2.45) is 0 Å². The number of urea groups is 1. The molecule has 0 atom stereocenters. The lowest BCUT2D eigenvalue weighted by molar-refractivity contribution is -0.140. The first kappa shape index (κ1) is 16.5. The molecule has 21 heavy (non-hydrogen) atoms. The molecule has 1 aromatic carbocycles. The largest absolute Gasteiger partial charge is 0.480 e. The maximum atomic E-state index is 11.8. The molecule has 1 aromatic rings. The van der Waals surface area contributed by atoms with Crippen molar-refractivity contribution in [1.29, 1.82) is 0 Å². The van der Waals surface area contributed by atoms with Crippen molar-refractivity contribution in [3.8, 4) is 0 Å². The summed E-state index contributed by atoms with van der Waals surface area (Å²) in [5.74, 6) is -2.52. The Bertz CT molecular complexity index is 514. The minimum Gasteiger partial charge on any atom is -0.480 e. The highest BCUT2D eigenvalue weighted by atomic mass is 16.4. The molecule has 0 aliphatic rings. The van der Waals surface area contributed by atoms with Crippen molar-refractivity contribution >= 4 is 18.0 Å². The van der Waals surface area contributed by atoms with Gasteiger partial charge in [-0.05, 0) is 24.5 Å². The van der Waals surface area contributed by atoms with Crippen LogP contribution in [0.5, 0.6) is 0 Å². The average Bonchev–Trinajstić information content (AvgIpc) is 2.39. The molecule has 0 bridgehead atoms. The van der Waals surface area contributed by atoms with Crippen LogP contribution in [0.2, 0.25) is 0 Å². The number of nitrogens with one attached hydrogen (secondary N) is 1. The van der Waals surface area contributed by atoms with Gasteiger partial charge in [0.25, 0.3) is 0 Å². The van der Waals surface area contributed by atoms with Crippen molar-refractivity contribution in [3.63, 3.8) is 0 Å². The van der Waals surface area contributed by atoms with Gasteiger partial charge >= 0.3 is 18.0 Å². The lowest BCUT2D eigenvalue weighted by atomic mass is 10.1. The number of carbonyl (C=O) groups is 3. The normalized spacial score (nSPS) is 9.95. The molecule has 2 amide bonds. The molecule has 0 saturated heterocycles. The second kappa shape index (κ2) is 7.88. The molecule has 0 radical (unpaired) electrons. The molecule has 3 N–H and O–H groups in total. The molecule has 0 aliphatic carbocycles. The third kappa shape index (κ3) is 5.94. The Hall–Kier alpha value is -2.57. The van der Waals surface area contributed by atoms with Crippen LogP contribution in [0.3, 0.4) is 0 Å². The Labute approximate surface area is 122 Å². The number of aryl methyl sites for hydroxylation is 1. The maximum Gasteiger partial charge on any atom is 0.323 e. The molecule has 0 fully saturated rings. The highest BCUT2D eigenvalue weighted by Gasteiger charge is 2.19. The van der Waals surface area contributed by atoms with Crippen LogP contribution in [0.25, 0.3) is 0 Å². The SMILES string of the molecule is Cc1ccccc1CCNC(=O)N(CC(=O)O)CC(=O)O. The van der Waals surface area contributed by atoms with E-state index in [0.717, 1.165) is 16.0 Å². The smallest absolute Gasteiger partial charge is 0.323 e. The van der Waals surface area contributed by atoms with Gasteiger partial charge in [0, 0.05) is 6.54 Å². The molecule has 0 saturated carbocycles. The predicted octanol–water partition coefficient (Wildman–Crippen LogP) is 0.718. The Morgan fingerprint density at radius 2 is 1.67 bits per heavy atom. The maximum absolute atomic E-state index is 11.8. The topological polar surface area (TPSA) is 107 Å². The van der Waals surface area contributed by atoms with Crippen molar-refractivity contribution in [1.82, 2.24) is 10.2 Å². The van der Waals surface area contributed by atoms with Crippen molar-refractivity contribution < 1.29 is 24.6 Å². The fraction of sp³-hybridized carbons (Fsp3) is 0.357. The summed E-state index contributed by atoms with van der Waals surface area (Å²) in [6.07, 6.45) is 0.590. The van der Waals surface area contributed by atoms with Crippen LogP contribution in [0.4, 0.5) is 4.79 Å². The number of hydrogen-bond acceptors (Lipinski definition) is 3. The van der Waals surface area contributed by atoms with E-state index in [2.05, 4.69) is 5.32 Å². The number of nitrogens with zero attached hydrogens (tertiary/aromatic N) is 1. The van der Waals surface area contributed by atoms with E-state index in [-0.39, 0.29) is 0 Å². The lowest BCUT2D eigenvalue weighted by Crippen LogP contribution is -2.45. The van der Waals surface area contributed by atoms with E-state index in [1.807, 2.05) is 31.2 Å². The van der Waals surface area contributed by atoms with E-state index >= 15 is 0 Å². The van der Waals surface area contributed by atoms with E-state index in [9.17, 15) is 14.4 Å². The van der Waals surface area contributed by atoms with Gasteiger partial charge in [-0.2, -0.15) is 0 Å². The number of hydrogen-bond donors (Lipinski definition) is 3. The number of rotatable bonds is 7. The monoisotopic (exact) mass is 294 g/mol. The molecule has 7 nitrogen and oxygen atoms in total. The van der Waals surface area contributed by atoms with Gasteiger partial charge in [0.2, 0.25) is 0 Å². The second-order valence-electron chi connectivity index (χ2n) is 4.55. The molecule has 0 spiro atoms. The third-order valence-electron chi connectivity index (χ3n) is 2.87. The Kier molecular flexibility index (Phi) is 6.19. The molecule has 1 rings (SSSR count). The molecule has 0 aliphatic heterocycles. The van der Waals surface area contributed by atoms with Gasteiger partial charge in [0.15, 0.2) is 0 Å². The highest BCUT2D eigenvalue weighted by Crippen LogP contribution is 2.06. The van der Waals surface area contributed by atoms with Gasteiger partial charge < -0.3 is 20.4 Å².